The van der Waals surface area contributed by atoms with Gasteiger partial charge in [0.15, 0.2) is 0 Å². The van der Waals surface area contributed by atoms with Crippen LogP contribution < -0.4 is 5.32 Å². The summed E-state index contributed by atoms with van der Waals surface area (Å²) in [5, 5.41) is 13.6. The van der Waals surface area contributed by atoms with Crippen molar-refractivity contribution in [2.45, 2.75) is 20.8 Å². The fourth-order valence-electron chi connectivity index (χ4n) is 2.40. The molecule has 0 unspecified atom stereocenters. The van der Waals surface area contributed by atoms with Crippen LogP contribution in [0.25, 0.3) is 0 Å². The van der Waals surface area contributed by atoms with E-state index in [0.717, 1.165) is 0 Å². The van der Waals surface area contributed by atoms with E-state index in [0.29, 0.717) is 27.9 Å². The number of anilines is 1. The highest BCUT2D eigenvalue weighted by Crippen LogP contribution is 2.22. The molecule has 0 atom stereocenters. The number of amides is 1. The van der Waals surface area contributed by atoms with Crippen molar-refractivity contribution in [3.8, 4) is 0 Å². The quantitative estimate of drug-likeness (QED) is 0.508. The highest BCUT2D eigenvalue weighted by atomic mass is 16.6. The number of hydrogen-bond acceptors (Lipinski definition) is 5. The molecule has 2 rings (SSSR count). The van der Waals surface area contributed by atoms with Gasteiger partial charge in [0.2, 0.25) is 0 Å². The summed E-state index contributed by atoms with van der Waals surface area (Å²) >= 11 is 0. The molecule has 0 aliphatic heterocycles. The van der Waals surface area contributed by atoms with Crippen LogP contribution >= 0.6 is 0 Å². The molecule has 0 bridgehead atoms. The second-order valence-electron chi connectivity index (χ2n) is 5.41. The monoisotopic (exact) mass is 342 g/mol. The summed E-state index contributed by atoms with van der Waals surface area (Å²) in [5.41, 5.74) is 2.09. The lowest BCUT2D eigenvalue weighted by molar-refractivity contribution is -0.385. The number of ether oxygens (including phenoxy) is 1. The topological polar surface area (TPSA) is 98.5 Å². The normalized spacial score (nSPS) is 10.2. The van der Waals surface area contributed by atoms with Gasteiger partial charge >= 0.3 is 5.97 Å². The van der Waals surface area contributed by atoms with Crippen LogP contribution in [0.15, 0.2) is 36.4 Å². The van der Waals surface area contributed by atoms with E-state index in [1.807, 2.05) is 0 Å². The molecule has 0 fully saturated rings. The number of nitro groups is 1. The molecule has 2 aromatic rings. The lowest BCUT2D eigenvalue weighted by Gasteiger charge is -2.12. The molecule has 0 spiro atoms. The van der Waals surface area contributed by atoms with Crippen molar-refractivity contribution in [1.29, 1.82) is 0 Å². The number of rotatable bonds is 5. The van der Waals surface area contributed by atoms with E-state index in [9.17, 15) is 19.7 Å². The van der Waals surface area contributed by atoms with Crippen molar-refractivity contribution in [3.05, 3.63) is 68.8 Å². The smallest absolute Gasteiger partial charge is 0.338 e. The van der Waals surface area contributed by atoms with Crippen molar-refractivity contribution in [2.24, 2.45) is 0 Å². The zero-order chi connectivity index (χ0) is 18.6. The SMILES string of the molecule is CCOC(=O)c1cccc(NC(=O)c2ccc([N+](=O)[O-])c(C)c2)c1C. The van der Waals surface area contributed by atoms with Gasteiger partial charge in [-0.1, -0.05) is 6.07 Å². The Morgan fingerprint density at radius 2 is 1.92 bits per heavy atom. The largest absolute Gasteiger partial charge is 0.462 e. The van der Waals surface area contributed by atoms with Crippen LogP contribution in [-0.4, -0.2) is 23.4 Å². The molecule has 0 heterocycles. The highest BCUT2D eigenvalue weighted by molar-refractivity contribution is 6.05. The number of benzene rings is 2. The lowest BCUT2D eigenvalue weighted by Crippen LogP contribution is -2.15. The Labute approximate surface area is 144 Å². The maximum atomic E-state index is 12.4. The summed E-state index contributed by atoms with van der Waals surface area (Å²) in [6, 6.07) is 9.10. The highest BCUT2D eigenvalue weighted by Gasteiger charge is 2.17. The summed E-state index contributed by atoms with van der Waals surface area (Å²) in [6.07, 6.45) is 0. The van der Waals surface area contributed by atoms with Gasteiger partial charge in [-0.2, -0.15) is 0 Å². The van der Waals surface area contributed by atoms with Gasteiger partial charge in [0.25, 0.3) is 11.6 Å². The number of esters is 1. The van der Waals surface area contributed by atoms with Gasteiger partial charge in [-0.15, -0.1) is 0 Å². The van der Waals surface area contributed by atoms with Crippen LogP contribution in [0, 0.1) is 24.0 Å². The summed E-state index contributed by atoms with van der Waals surface area (Å²) in [7, 11) is 0. The maximum absolute atomic E-state index is 12.4. The molecule has 2 aromatic carbocycles. The summed E-state index contributed by atoms with van der Waals surface area (Å²) in [5.74, 6) is -0.871. The van der Waals surface area contributed by atoms with Gasteiger partial charge in [-0.3, -0.25) is 14.9 Å². The zero-order valence-corrected chi connectivity index (χ0v) is 14.2. The first-order chi connectivity index (χ1) is 11.8. The minimum absolute atomic E-state index is 0.0444. The summed E-state index contributed by atoms with van der Waals surface area (Å²) in [4.78, 5) is 34.7. The first-order valence-electron chi connectivity index (χ1n) is 7.68. The molecule has 7 nitrogen and oxygen atoms in total. The minimum Gasteiger partial charge on any atom is -0.462 e. The second kappa shape index (κ2) is 7.57. The predicted molar refractivity (Wildman–Crippen MR) is 92.9 cm³/mol. The Morgan fingerprint density at radius 1 is 1.20 bits per heavy atom. The van der Waals surface area contributed by atoms with E-state index in [2.05, 4.69) is 5.32 Å². The molecule has 1 amide bonds. The van der Waals surface area contributed by atoms with Gasteiger partial charge < -0.3 is 10.1 Å². The molecule has 0 saturated heterocycles. The zero-order valence-electron chi connectivity index (χ0n) is 14.2. The number of carbonyl (C=O) groups excluding carboxylic acids is 2. The number of carbonyl (C=O) groups is 2. The number of aryl methyl sites for hydroxylation is 1. The van der Waals surface area contributed by atoms with E-state index >= 15 is 0 Å². The molecule has 0 aliphatic carbocycles. The molecule has 0 aliphatic rings. The van der Waals surface area contributed by atoms with Crippen molar-refractivity contribution in [2.75, 3.05) is 11.9 Å². The van der Waals surface area contributed by atoms with Gasteiger partial charge in [-0.25, -0.2) is 4.79 Å². The number of nitrogens with zero attached hydrogens (tertiary/aromatic N) is 1. The Hall–Kier alpha value is -3.22. The standard InChI is InChI=1S/C18H18N2O5/c1-4-25-18(22)14-6-5-7-15(12(14)3)19-17(21)13-8-9-16(20(23)24)11(2)10-13/h5-10H,4H2,1-3H3,(H,19,21). The maximum Gasteiger partial charge on any atom is 0.338 e. The fraction of sp³-hybridized carbons (Fsp3) is 0.222. The molecule has 0 radical (unpaired) electrons. The lowest BCUT2D eigenvalue weighted by atomic mass is 10.1. The Kier molecular flexibility index (Phi) is 5.49. The van der Waals surface area contributed by atoms with E-state index in [-0.39, 0.29) is 12.3 Å². The Bertz CT molecular complexity index is 845. The van der Waals surface area contributed by atoms with Crippen LogP contribution in [0.5, 0.6) is 0 Å². The van der Waals surface area contributed by atoms with E-state index in [1.165, 1.54) is 18.2 Å². The average molecular weight is 342 g/mol. The van der Waals surface area contributed by atoms with E-state index < -0.39 is 16.8 Å². The van der Waals surface area contributed by atoms with Gasteiger partial charge in [0.05, 0.1) is 17.1 Å². The molecular formula is C18H18N2O5. The predicted octanol–water partition coefficient (Wildman–Crippen LogP) is 3.64. The van der Waals surface area contributed by atoms with Crippen LogP contribution in [0.2, 0.25) is 0 Å². The van der Waals surface area contributed by atoms with E-state index in [4.69, 9.17) is 4.74 Å². The van der Waals surface area contributed by atoms with Crippen molar-refractivity contribution in [1.82, 2.24) is 0 Å². The molecule has 25 heavy (non-hydrogen) atoms. The Morgan fingerprint density at radius 3 is 2.52 bits per heavy atom. The summed E-state index contributed by atoms with van der Waals surface area (Å²) in [6.45, 7) is 5.26. The van der Waals surface area contributed by atoms with Crippen LogP contribution in [0.4, 0.5) is 11.4 Å². The van der Waals surface area contributed by atoms with Crippen LogP contribution in [0.3, 0.4) is 0 Å². The third-order valence-corrected chi connectivity index (χ3v) is 3.73. The van der Waals surface area contributed by atoms with E-state index in [1.54, 1.807) is 39.0 Å². The van der Waals surface area contributed by atoms with Gasteiger partial charge in [0.1, 0.15) is 0 Å². The molecular weight excluding hydrogens is 324 g/mol. The molecule has 7 heteroatoms. The van der Waals surface area contributed by atoms with Gasteiger partial charge in [-0.05, 0) is 50.6 Å². The van der Waals surface area contributed by atoms with Crippen molar-refractivity contribution in [3.63, 3.8) is 0 Å². The molecule has 1 N–H and O–H groups in total. The van der Waals surface area contributed by atoms with Crippen LogP contribution in [-0.2, 0) is 4.74 Å². The number of nitrogens with one attached hydrogen (secondary N) is 1. The average Bonchev–Trinajstić information content (AvgIpc) is 2.56. The van der Waals surface area contributed by atoms with Crippen molar-refractivity contribution >= 4 is 23.3 Å². The minimum atomic E-state index is -0.496. The third-order valence-electron chi connectivity index (χ3n) is 3.73. The van der Waals surface area contributed by atoms with Gasteiger partial charge in [0, 0.05) is 22.9 Å². The molecule has 0 saturated carbocycles. The first kappa shape index (κ1) is 18.1. The van der Waals surface area contributed by atoms with Crippen LogP contribution in [0.1, 0.15) is 38.8 Å². The number of hydrogen-bond donors (Lipinski definition) is 1. The fourth-order valence-corrected chi connectivity index (χ4v) is 2.40. The molecule has 0 aromatic heterocycles. The Balaban J connectivity index is 2.26. The summed E-state index contributed by atoms with van der Waals surface area (Å²) < 4.78 is 4.99. The number of nitro benzene ring substituents is 1. The van der Waals surface area contributed by atoms with Crippen molar-refractivity contribution < 1.29 is 19.2 Å². The molecule has 130 valence electrons. The second-order valence-corrected chi connectivity index (χ2v) is 5.41. The first-order valence-corrected chi connectivity index (χ1v) is 7.68. The third kappa shape index (κ3) is 4.00.